The highest BCUT2D eigenvalue weighted by atomic mass is 16.6. The molecule has 27 heavy (non-hydrogen) atoms. The smallest absolute Gasteiger partial charge is 0.411 e. The van der Waals surface area contributed by atoms with E-state index in [9.17, 15) is 9.59 Å². The standard InChI is InChI=1S/C21H32N2O4/c1-6-17-15-23(20(25)27-21(2,3)4)18(19(24)26-5)12-13-22(17)14-16-10-8-7-9-11-16/h7-11,17-18H,6,12-15H2,1-5H3/t17-,18-/m1/s1. The van der Waals surface area contributed by atoms with Gasteiger partial charge in [-0.05, 0) is 39.2 Å². The van der Waals surface area contributed by atoms with Crippen molar-refractivity contribution < 1.29 is 19.1 Å². The van der Waals surface area contributed by atoms with Crippen LogP contribution in [0.15, 0.2) is 30.3 Å². The van der Waals surface area contributed by atoms with Crippen LogP contribution in [-0.4, -0.2) is 59.7 Å². The highest BCUT2D eigenvalue weighted by molar-refractivity contribution is 5.81. The minimum Gasteiger partial charge on any atom is -0.467 e. The van der Waals surface area contributed by atoms with Crippen LogP contribution in [0.5, 0.6) is 0 Å². The number of carbonyl (C=O) groups is 2. The molecule has 1 saturated heterocycles. The molecule has 0 aliphatic carbocycles. The van der Waals surface area contributed by atoms with Crippen LogP contribution in [0.25, 0.3) is 0 Å². The van der Waals surface area contributed by atoms with Crippen molar-refractivity contribution in [1.82, 2.24) is 9.80 Å². The van der Waals surface area contributed by atoms with Gasteiger partial charge in [-0.2, -0.15) is 0 Å². The molecule has 0 aromatic heterocycles. The second kappa shape index (κ2) is 9.22. The molecule has 6 heteroatoms. The molecule has 0 unspecified atom stereocenters. The minimum absolute atomic E-state index is 0.146. The maximum Gasteiger partial charge on any atom is 0.411 e. The first-order chi connectivity index (χ1) is 12.7. The van der Waals surface area contributed by atoms with E-state index in [4.69, 9.17) is 9.47 Å². The molecule has 2 atom stereocenters. The van der Waals surface area contributed by atoms with Gasteiger partial charge in [0.05, 0.1) is 7.11 Å². The normalized spacial score (nSPS) is 21.4. The molecular weight excluding hydrogens is 344 g/mol. The van der Waals surface area contributed by atoms with Crippen LogP contribution in [0.2, 0.25) is 0 Å². The average molecular weight is 376 g/mol. The van der Waals surface area contributed by atoms with Crippen molar-refractivity contribution in [3.05, 3.63) is 35.9 Å². The Morgan fingerprint density at radius 3 is 2.41 bits per heavy atom. The maximum absolute atomic E-state index is 12.8. The van der Waals surface area contributed by atoms with Gasteiger partial charge in [0.2, 0.25) is 0 Å². The van der Waals surface area contributed by atoms with Gasteiger partial charge in [0.15, 0.2) is 0 Å². The zero-order valence-electron chi connectivity index (χ0n) is 17.1. The molecule has 0 radical (unpaired) electrons. The van der Waals surface area contributed by atoms with Crippen LogP contribution in [0, 0.1) is 0 Å². The topological polar surface area (TPSA) is 59.1 Å². The van der Waals surface area contributed by atoms with E-state index in [1.807, 2.05) is 39.0 Å². The molecular formula is C21H32N2O4. The molecule has 6 nitrogen and oxygen atoms in total. The highest BCUT2D eigenvalue weighted by Gasteiger charge is 2.38. The summed E-state index contributed by atoms with van der Waals surface area (Å²) in [5.41, 5.74) is 0.603. The number of hydrogen-bond acceptors (Lipinski definition) is 5. The van der Waals surface area contributed by atoms with E-state index >= 15 is 0 Å². The number of esters is 1. The van der Waals surface area contributed by atoms with E-state index in [0.29, 0.717) is 19.5 Å². The Hall–Kier alpha value is -2.08. The Morgan fingerprint density at radius 1 is 1.19 bits per heavy atom. The van der Waals surface area contributed by atoms with Gasteiger partial charge in [-0.1, -0.05) is 37.3 Å². The Labute approximate surface area is 162 Å². The summed E-state index contributed by atoms with van der Waals surface area (Å²) in [6.45, 7) is 9.53. The van der Waals surface area contributed by atoms with E-state index < -0.39 is 23.7 Å². The molecule has 0 saturated carbocycles. The Balaban J connectivity index is 2.24. The second-order valence-corrected chi connectivity index (χ2v) is 7.98. The molecule has 1 aliphatic heterocycles. The summed E-state index contributed by atoms with van der Waals surface area (Å²) >= 11 is 0. The van der Waals surface area contributed by atoms with E-state index in [2.05, 4.69) is 24.0 Å². The van der Waals surface area contributed by atoms with E-state index in [0.717, 1.165) is 13.0 Å². The van der Waals surface area contributed by atoms with Gasteiger partial charge in [-0.15, -0.1) is 0 Å². The van der Waals surface area contributed by atoms with Crippen LogP contribution < -0.4 is 0 Å². The maximum atomic E-state index is 12.8. The lowest BCUT2D eigenvalue weighted by molar-refractivity contribution is -0.146. The number of nitrogens with zero attached hydrogens (tertiary/aromatic N) is 2. The van der Waals surface area contributed by atoms with E-state index in [1.54, 1.807) is 4.90 Å². The largest absolute Gasteiger partial charge is 0.467 e. The zero-order chi connectivity index (χ0) is 20.0. The molecule has 2 rings (SSSR count). The van der Waals surface area contributed by atoms with Gasteiger partial charge in [0.25, 0.3) is 0 Å². The lowest BCUT2D eigenvalue weighted by Crippen LogP contribution is -2.50. The predicted molar refractivity (Wildman–Crippen MR) is 104 cm³/mol. The number of methoxy groups -OCH3 is 1. The van der Waals surface area contributed by atoms with Crippen LogP contribution in [-0.2, 0) is 20.8 Å². The quantitative estimate of drug-likeness (QED) is 0.754. The summed E-state index contributed by atoms with van der Waals surface area (Å²) in [4.78, 5) is 29.1. The minimum atomic E-state index is -0.625. The number of benzene rings is 1. The average Bonchev–Trinajstić information content (AvgIpc) is 2.80. The SMILES string of the molecule is CC[C@@H]1CN(C(=O)OC(C)(C)C)[C@@H](C(=O)OC)CCN1Cc1ccccc1. The Morgan fingerprint density at radius 2 is 1.85 bits per heavy atom. The fourth-order valence-electron chi connectivity index (χ4n) is 3.41. The van der Waals surface area contributed by atoms with Crippen LogP contribution in [0.4, 0.5) is 4.79 Å². The summed E-state index contributed by atoms with van der Waals surface area (Å²) in [7, 11) is 1.36. The van der Waals surface area contributed by atoms with Gasteiger partial charge in [-0.3, -0.25) is 9.80 Å². The van der Waals surface area contributed by atoms with Gasteiger partial charge >= 0.3 is 12.1 Å². The van der Waals surface area contributed by atoms with E-state index in [-0.39, 0.29) is 6.04 Å². The number of rotatable bonds is 4. The molecule has 1 aromatic carbocycles. The summed E-state index contributed by atoms with van der Waals surface area (Å²) in [5.74, 6) is -0.391. The summed E-state index contributed by atoms with van der Waals surface area (Å²) in [6, 6.07) is 9.77. The molecule has 0 N–H and O–H groups in total. The first kappa shape index (κ1) is 21.2. The van der Waals surface area contributed by atoms with Crippen molar-refractivity contribution in [2.45, 2.75) is 64.8 Å². The first-order valence-corrected chi connectivity index (χ1v) is 9.60. The van der Waals surface area contributed by atoms with Crippen molar-refractivity contribution in [2.75, 3.05) is 20.2 Å². The molecule has 1 heterocycles. The van der Waals surface area contributed by atoms with Crippen LogP contribution >= 0.6 is 0 Å². The van der Waals surface area contributed by atoms with Gasteiger partial charge in [0, 0.05) is 25.7 Å². The second-order valence-electron chi connectivity index (χ2n) is 7.98. The Bertz CT molecular complexity index is 627. The van der Waals surface area contributed by atoms with Gasteiger partial charge in [0.1, 0.15) is 11.6 Å². The summed E-state index contributed by atoms with van der Waals surface area (Å²) < 4.78 is 10.5. The number of ether oxygens (including phenoxy) is 2. The Kier molecular flexibility index (Phi) is 7.25. The summed E-state index contributed by atoms with van der Waals surface area (Å²) in [6.07, 6.45) is 0.938. The van der Waals surface area contributed by atoms with Crippen molar-refractivity contribution >= 4 is 12.1 Å². The molecule has 0 bridgehead atoms. The molecule has 1 aromatic rings. The predicted octanol–water partition coefficient (Wildman–Crippen LogP) is 3.45. The number of amides is 1. The number of carbonyl (C=O) groups excluding carboxylic acids is 2. The third-order valence-electron chi connectivity index (χ3n) is 4.79. The molecule has 150 valence electrons. The monoisotopic (exact) mass is 376 g/mol. The van der Waals surface area contributed by atoms with Gasteiger partial charge in [-0.25, -0.2) is 9.59 Å². The third-order valence-corrected chi connectivity index (χ3v) is 4.79. The summed E-state index contributed by atoms with van der Waals surface area (Å²) in [5, 5.41) is 0. The highest BCUT2D eigenvalue weighted by Crippen LogP contribution is 2.23. The molecule has 1 amide bonds. The fraction of sp³-hybridized carbons (Fsp3) is 0.619. The molecule has 1 fully saturated rings. The molecule has 0 spiro atoms. The lowest BCUT2D eigenvalue weighted by atomic mass is 10.1. The number of hydrogen-bond donors (Lipinski definition) is 0. The van der Waals surface area contributed by atoms with Gasteiger partial charge < -0.3 is 9.47 Å². The lowest BCUT2D eigenvalue weighted by Gasteiger charge is -2.33. The third kappa shape index (κ3) is 5.96. The molecule has 1 aliphatic rings. The fourth-order valence-corrected chi connectivity index (χ4v) is 3.41. The van der Waals surface area contributed by atoms with Crippen molar-refractivity contribution in [3.8, 4) is 0 Å². The zero-order valence-corrected chi connectivity index (χ0v) is 17.1. The first-order valence-electron chi connectivity index (χ1n) is 9.60. The van der Waals surface area contributed by atoms with Crippen molar-refractivity contribution in [3.63, 3.8) is 0 Å². The van der Waals surface area contributed by atoms with Crippen molar-refractivity contribution in [2.24, 2.45) is 0 Å². The van der Waals surface area contributed by atoms with Crippen LogP contribution in [0.3, 0.4) is 0 Å². The van der Waals surface area contributed by atoms with E-state index in [1.165, 1.54) is 12.7 Å². The van der Waals surface area contributed by atoms with Crippen molar-refractivity contribution in [1.29, 1.82) is 0 Å². The van der Waals surface area contributed by atoms with Crippen LogP contribution in [0.1, 0.15) is 46.1 Å².